The van der Waals surface area contributed by atoms with Crippen LogP contribution in [0.5, 0.6) is 0 Å². The number of hydrogen-bond acceptors (Lipinski definition) is 4. The summed E-state index contributed by atoms with van der Waals surface area (Å²) in [5.74, 6) is 0. The molecule has 2 atom stereocenters. The summed E-state index contributed by atoms with van der Waals surface area (Å²) < 4.78 is 5.49. The van der Waals surface area contributed by atoms with Gasteiger partial charge in [0.15, 0.2) is 0 Å². The van der Waals surface area contributed by atoms with Crippen LogP contribution < -0.4 is 5.32 Å². The number of nitrogens with zero attached hydrogens (tertiary/aromatic N) is 1. The van der Waals surface area contributed by atoms with Gasteiger partial charge in [0.25, 0.3) is 0 Å². The van der Waals surface area contributed by atoms with Crippen LogP contribution in [0.2, 0.25) is 0 Å². The Bertz CT molecular complexity index is 580. The van der Waals surface area contributed by atoms with E-state index >= 15 is 0 Å². The molecule has 2 aliphatic heterocycles. The molecular formula is C17H22N2O2. The average Bonchev–Trinajstić information content (AvgIpc) is 2.47. The average molecular weight is 286 g/mol. The minimum atomic E-state index is -0.658. The smallest absolute Gasteiger partial charge is 0.146 e. The number of ether oxygens (including phenoxy) is 1. The maximum Gasteiger partial charge on any atom is 0.146 e. The third-order valence-corrected chi connectivity index (χ3v) is 4.06. The first kappa shape index (κ1) is 14.2. The van der Waals surface area contributed by atoms with Gasteiger partial charge in [-0.3, -0.25) is 0 Å². The highest BCUT2D eigenvalue weighted by atomic mass is 16.5. The molecule has 1 saturated heterocycles. The van der Waals surface area contributed by atoms with Crippen LogP contribution >= 0.6 is 0 Å². The second kappa shape index (κ2) is 5.92. The third-order valence-electron chi connectivity index (χ3n) is 4.06. The molecule has 4 heteroatoms. The monoisotopic (exact) mass is 286 g/mol. The summed E-state index contributed by atoms with van der Waals surface area (Å²) in [6, 6.07) is 8.53. The van der Waals surface area contributed by atoms with Gasteiger partial charge in [0, 0.05) is 29.5 Å². The van der Waals surface area contributed by atoms with E-state index in [1.165, 1.54) is 5.56 Å². The van der Waals surface area contributed by atoms with Gasteiger partial charge in [-0.1, -0.05) is 24.3 Å². The van der Waals surface area contributed by atoms with E-state index < -0.39 is 6.23 Å². The highest BCUT2D eigenvalue weighted by Crippen LogP contribution is 2.25. The van der Waals surface area contributed by atoms with E-state index in [4.69, 9.17) is 4.74 Å². The molecule has 0 spiro atoms. The summed E-state index contributed by atoms with van der Waals surface area (Å²) in [5, 5.41) is 13.3. The maximum absolute atomic E-state index is 10.1. The van der Waals surface area contributed by atoms with Crippen molar-refractivity contribution in [1.82, 2.24) is 10.2 Å². The molecule has 1 aromatic rings. The molecule has 1 aromatic carbocycles. The molecule has 1 fully saturated rings. The molecule has 0 amide bonds. The number of aliphatic hydroxyl groups is 1. The second-order valence-corrected chi connectivity index (χ2v) is 5.67. The zero-order valence-electron chi connectivity index (χ0n) is 12.5. The molecule has 2 aliphatic rings. The van der Waals surface area contributed by atoms with Gasteiger partial charge in [-0.15, -0.1) is 0 Å². The van der Waals surface area contributed by atoms with Crippen molar-refractivity contribution in [3.05, 3.63) is 53.2 Å². The Labute approximate surface area is 125 Å². The van der Waals surface area contributed by atoms with E-state index in [0.717, 1.165) is 36.7 Å². The molecule has 0 radical (unpaired) electrons. The van der Waals surface area contributed by atoms with Crippen LogP contribution in [0.1, 0.15) is 18.1 Å². The van der Waals surface area contributed by atoms with Crippen LogP contribution in [-0.4, -0.2) is 42.0 Å². The van der Waals surface area contributed by atoms with Crippen molar-refractivity contribution in [2.45, 2.75) is 26.1 Å². The lowest BCUT2D eigenvalue weighted by molar-refractivity contribution is 0.0177. The lowest BCUT2D eigenvalue weighted by Crippen LogP contribution is -2.44. The lowest BCUT2D eigenvalue weighted by Gasteiger charge is -2.38. The van der Waals surface area contributed by atoms with Crippen molar-refractivity contribution < 1.29 is 9.84 Å². The molecule has 0 bridgehead atoms. The number of hydrogen-bond donors (Lipinski definition) is 2. The fourth-order valence-electron chi connectivity index (χ4n) is 2.92. The van der Waals surface area contributed by atoms with E-state index in [-0.39, 0.29) is 0 Å². The molecule has 2 heterocycles. The molecule has 21 heavy (non-hydrogen) atoms. The first-order valence-electron chi connectivity index (χ1n) is 7.43. The number of aliphatic hydroxyl groups excluding tert-OH is 1. The minimum absolute atomic E-state index is 0.324. The summed E-state index contributed by atoms with van der Waals surface area (Å²) in [7, 11) is 0. The van der Waals surface area contributed by atoms with Gasteiger partial charge in [0.2, 0.25) is 0 Å². The Morgan fingerprint density at radius 2 is 2.14 bits per heavy atom. The summed E-state index contributed by atoms with van der Waals surface area (Å²) in [5.41, 5.74) is 4.36. The molecular weight excluding hydrogens is 264 g/mol. The van der Waals surface area contributed by atoms with E-state index in [0.29, 0.717) is 6.04 Å². The summed E-state index contributed by atoms with van der Waals surface area (Å²) in [4.78, 5) is 2.30. The number of morpholine rings is 1. The summed E-state index contributed by atoms with van der Waals surface area (Å²) in [6.45, 7) is 6.56. The van der Waals surface area contributed by atoms with Gasteiger partial charge in [-0.2, -0.15) is 0 Å². The number of dihydropyridines is 1. The van der Waals surface area contributed by atoms with E-state index in [1.54, 1.807) is 0 Å². The number of benzene rings is 1. The van der Waals surface area contributed by atoms with Crippen LogP contribution in [0.3, 0.4) is 0 Å². The van der Waals surface area contributed by atoms with Crippen molar-refractivity contribution in [3.8, 4) is 0 Å². The van der Waals surface area contributed by atoms with Gasteiger partial charge in [-0.25, -0.2) is 0 Å². The summed E-state index contributed by atoms with van der Waals surface area (Å²) in [6.07, 6.45) is 3.33. The van der Waals surface area contributed by atoms with Crippen molar-refractivity contribution >= 4 is 5.70 Å². The number of nitrogens with one attached hydrogen (secondary N) is 1. The van der Waals surface area contributed by atoms with Crippen LogP contribution in [0.4, 0.5) is 0 Å². The quantitative estimate of drug-likeness (QED) is 0.871. The zero-order chi connectivity index (χ0) is 14.8. The number of allylic oxidation sites excluding steroid dienone is 1. The van der Waals surface area contributed by atoms with Crippen molar-refractivity contribution in [2.75, 3.05) is 19.8 Å². The molecule has 0 aromatic heterocycles. The Morgan fingerprint density at radius 3 is 2.90 bits per heavy atom. The Morgan fingerprint density at radius 1 is 1.33 bits per heavy atom. The Balaban J connectivity index is 1.92. The molecule has 2 N–H and O–H groups in total. The second-order valence-electron chi connectivity index (χ2n) is 5.67. The topological polar surface area (TPSA) is 44.7 Å². The van der Waals surface area contributed by atoms with Crippen molar-refractivity contribution in [3.63, 3.8) is 0 Å². The zero-order valence-corrected chi connectivity index (χ0v) is 12.5. The number of aryl methyl sites for hydroxylation is 1. The minimum Gasteiger partial charge on any atom is -0.377 e. The fourth-order valence-corrected chi connectivity index (χ4v) is 2.92. The van der Waals surface area contributed by atoms with Gasteiger partial charge in [0.05, 0.1) is 13.2 Å². The fraction of sp³-hybridized carbons (Fsp3) is 0.412. The Hall–Kier alpha value is -1.78. The molecule has 4 nitrogen and oxygen atoms in total. The van der Waals surface area contributed by atoms with E-state index in [2.05, 4.69) is 42.3 Å². The van der Waals surface area contributed by atoms with Crippen LogP contribution in [0, 0.1) is 6.92 Å². The van der Waals surface area contributed by atoms with Crippen molar-refractivity contribution in [2.24, 2.45) is 0 Å². The molecule has 112 valence electrons. The molecule has 0 aliphatic carbocycles. The predicted octanol–water partition coefficient (Wildman–Crippen LogP) is 1.86. The first-order valence-corrected chi connectivity index (χ1v) is 7.43. The standard InChI is InChI=1S/C17H22N2O2/c1-12-5-3-4-6-15(12)16-9-14(10-17(20)18-16)19-7-8-21-11-13(19)2/h3-6,9-10,13,17-18,20H,7-8,11H2,1-2H3/t13-,17?/m1/s1. The van der Waals surface area contributed by atoms with E-state index in [9.17, 15) is 5.11 Å². The lowest BCUT2D eigenvalue weighted by atomic mass is 10.0. The van der Waals surface area contributed by atoms with Gasteiger partial charge < -0.3 is 20.1 Å². The van der Waals surface area contributed by atoms with Crippen LogP contribution in [0.15, 0.2) is 42.1 Å². The van der Waals surface area contributed by atoms with Crippen LogP contribution in [0.25, 0.3) is 5.70 Å². The van der Waals surface area contributed by atoms with Gasteiger partial charge in [-0.05, 0) is 31.6 Å². The van der Waals surface area contributed by atoms with Gasteiger partial charge in [0.1, 0.15) is 6.23 Å². The predicted molar refractivity (Wildman–Crippen MR) is 83.4 cm³/mol. The van der Waals surface area contributed by atoms with E-state index in [1.807, 2.05) is 18.2 Å². The highest BCUT2D eigenvalue weighted by Gasteiger charge is 2.24. The maximum atomic E-state index is 10.1. The van der Waals surface area contributed by atoms with Crippen molar-refractivity contribution in [1.29, 1.82) is 0 Å². The van der Waals surface area contributed by atoms with Crippen LogP contribution in [-0.2, 0) is 4.74 Å². The van der Waals surface area contributed by atoms with Gasteiger partial charge >= 0.3 is 0 Å². The highest BCUT2D eigenvalue weighted by molar-refractivity contribution is 5.70. The molecule has 1 unspecified atom stereocenters. The largest absolute Gasteiger partial charge is 0.377 e. The SMILES string of the molecule is Cc1ccccc1C1=CC(N2CCOC[C@H]2C)=CC(O)N1. The Kier molecular flexibility index (Phi) is 3.99. The molecule has 0 saturated carbocycles. The normalized spacial score (nSPS) is 26.0. The summed E-state index contributed by atoms with van der Waals surface area (Å²) >= 11 is 0. The molecule has 3 rings (SSSR count). The number of rotatable bonds is 2. The first-order chi connectivity index (χ1) is 10.1. The third kappa shape index (κ3) is 2.96.